The zero-order valence-corrected chi connectivity index (χ0v) is 18.2. The van der Waals surface area contributed by atoms with E-state index in [1.807, 2.05) is 41.5 Å². The predicted molar refractivity (Wildman–Crippen MR) is 125 cm³/mol. The molecule has 0 amide bonds. The van der Waals surface area contributed by atoms with Gasteiger partial charge in [0.05, 0.1) is 5.56 Å². The number of rotatable bonds is 8. The maximum atomic E-state index is 9.49. The summed E-state index contributed by atoms with van der Waals surface area (Å²) in [6.45, 7) is 26.6. The van der Waals surface area contributed by atoms with Crippen LogP contribution in [0.1, 0.15) is 44.4 Å². The van der Waals surface area contributed by atoms with Gasteiger partial charge in [0, 0.05) is 11.4 Å². The van der Waals surface area contributed by atoms with Crippen molar-refractivity contribution in [3.05, 3.63) is 90.9 Å². The lowest BCUT2D eigenvalue weighted by atomic mass is 10.1. The molecule has 0 unspecified atom stereocenters. The molecule has 1 aromatic heterocycles. The highest BCUT2D eigenvalue weighted by Crippen LogP contribution is 2.27. The molecule has 0 aliphatic carbocycles. The van der Waals surface area contributed by atoms with Crippen LogP contribution in [0.25, 0.3) is 0 Å². The summed E-state index contributed by atoms with van der Waals surface area (Å²) in [6.07, 6.45) is 10.2. The molecular weight excluding hydrogens is 344 g/mol. The molecule has 0 atom stereocenters. The van der Waals surface area contributed by atoms with E-state index in [4.69, 9.17) is 0 Å². The average molecular weight is 379 g/mol. The van der Waals surface area contributed by atoms with Gasteiger partial charge in [0.25, 0.3) is 0 Å². The number of hydrogen-bond acceptors (Lipinski definition) is 4. The van der Waals surface area contributed by atoms with Gasteiger partial charge in [0.15, 0.2) is 5.82 Å². The first kappa shape index (κ1) is 26.9. The number of nitriles is 1. The maximum Gasteiger partial charge on any atom is 0.151 e. The minimum atomic E-state index is 0.457. The first-order valence-corrected chi connectivity index (χ1v) is 9.38. The van der Waals surface area contributed by atoms with Crippen LogP contribution in [0.3, 0.4) is 0 Å². The van der Waals surface area contributed by atoms with Crippen molar-refractivity contribution >= 4 is 11.6 Å². The minimum absolute atomic E-state index is 0.457. The fourth-order valence-corrected chi connectivity index (χ4v) is 1.99. The summed E-state index contributed by atoms with van der Waals surface area (Å²) in [4.78, 5) is 4.55. The predicted octanol–water partition coefficient (Wildman–Crippen LogP) is 6.96. The molecule has 4 heteroatoms. The molecule has 1 heterocycles. The highest BCUT2D eigenvalue weighted by atomic mass is 15.1. The van der Waals surface area contributed by atoms with Crippen molar-refractivity contribution in [3.8, 4) is 6.07 Å². The summed E-state index contributed by atoms with van der Waals surface area (Å²) in [5.41, 5.74) is 3.70. The molecule has 0 saturated carbocycles. The van der Waals surface area contributed by atoms with Crippen molar-refractivity contribution in [2.45, 2.75) is 41.5 Å². The summed E-state index contributed by atoms with van der Waals surface area (Å²) in [5, 5.41) is 15.8. The number of nitrogens with zero attached hydrogens (tertiary/aromatic N) is 2. The second kappa shape index (κ2) is 15.9. The smallest absolute Gasteiger partial charge is 0.151 e. The van der Waals surface area contributed by atoms with E-state index in [2.05, 4.69) is 48.0 Å². The maximum absolute atomic E-state index is 9.49. The van der Waals surface area contributed by atoms with Gasteiger partial charge in [-0.25, -0.2) is 4.98 Å². The molecule has 0 saturated heterocycles. The van der Waals surface area contributed by atoms with E-state index in [-0.39, 0.29) is 0 Å². The van der Waals surface area contributed by atoms with Gasteiger partial charge in [-0.1, -0.05) is 66.2 Å². The zero-order valence-electron chi connectivity index (χ0n) is 18.2. The third kappa shape index (κ3) is 7.92. The number of hydrogen-bond donors (Lipinski definition) is 2. The van der Waals surface area contributed by atoms with Gasteiger partial charge in [0.2, 0.25) is 0 Å². The van der Waals surface area contributed by atoms with Crippen molar-refractivity contribution in [2.75, 3.05) is 10.6 Å². The van der Waals surface area contributed by atoms with Crippen molar-refractivity contribution in [1.82, 2.24) is 4.98 Å². The zero-order chi connectivity index (χ0) is 22.1. The van der Waals surface area contributed by atoms with E-state index in [9.17, 15) is 5.26 Å². The number of pyridine rings is 1. The lowest BCUT2D eigenvalue weighted by Gasteiger charge is -2.16. The van der Waals surface area contributed by atoms with E-state index in [1.165, 1.54) is 0 Å². The Kier molecular flexibility index (Phi) is 15.3. The molecule has 1 aromatic rings. The topological polar surface area (TPSA) is 60.7 Å². The minimum Gasteiger partial charge on any atom is -0.340 e. The number of nitrogens with one attached hydrogen (secondary N) is 2. The summed E-state index contributed by atoms with van der Waals surface area (Å²) in [5.74, 6) is 1.10. The standard InChI is InChI=1S/C20H22N4.2C2H6/c1-7-11-16(9-3)22-19-15(6)14(5)18(13-21)20(24-19)23-17(10-4)12-8-2;2*1-2/h7-12H,1-4H2,5-6H3,(H2,22,23,24);2*1-2H3/b16-11+,17-12+;;. The monoisotopic (exact) mass is 378 g/mol. The van der Waals surface area contributed by atoms with Crippen LogP contribution in [0.5, 0.6) is 0 Å². The Morgan fingerprint density at radius 2 is 1.25 bits per heavy atom. The number of anilines is 2. The molecule has 0 aliphatic rings. The van der Waals surface area contributed by atoms with Crippen LogP contribution in [0.15, 0.2) is 74.2 Å². The molecule has 0 aromatic carbocycles. The second-order valence-corrected chi connectivity index (χ2v) is 4.92. The Morgan fingerprint density at radius 1 is 0.821 bits per heavy atom. The Balaban J connectivity index is 0. The quantitative estimate of drug-likeness (QED) is 0.480. The Labute approximate surface area is 171 Å². The largest absolute Gasteiger partial charge is 0.340 e. The molecule has 150 valence electrons. The summed E-state index contributed by atoms with van der Waals surface area (Å²) < 4.78 is 0. The van der Waals surface area contributed by atoms with Crippen molar-refractivity contribution in [2.24, 2.45) is 0 Å². The first-order valence-electron chi connectivity index (χ1n) is 9.38. The fourth-order valence-electron chi connectivity index (χ4n) is 1.99. The molecular formula is C24H34N4. The van der Waals surface area contributed by atoms with E-state index in [0.29, 0.717) is 22.9 Å². The molecule has 2 N–H and O–H groups in total. The van der Waals surface area contributed by atoms with Gasteiger partial charge < -0.3 is 10.6 Å². The number of aromatic nitrogens is 1. The van der Waals surface area contributed by atoms with Gasteiger partial charge in [-0.15, -0.1) is 0 Å². The molecule has 4 nitrogen and oxygen atoms in total. The fraction of sp³-hybridized carbons (Fsp3) is 0.250. The van der Waals surface area contributed by atoms with Gasteiger partial charge in [-0.05, 0) is 49.3 Å². The van der Waals surface area contributed by atoms with Crippen LogP contribution in [0.2, 0.25) is 0 Å². The van der Waals surface area contributed by atoms with Crippen molar-refractivity contribution in [3.63, 3.8) is 0 Å². The van der Waals surface area contributed by atoms with Crippen LogP contribution < -0.4 is 10.6 Å². The summed E-state index contributed by atoms with van der Waals surface area (Å²) in [6, 6.07) is 2.20. The Bertz CT molecular complexity index is 775. The molecule has 1 rings (SSSR count). The van der Waals surface area contributed by atoms with Crippen LogP contribution in [0, 0.1) is 25.2 Å². The molecule has 0 fully saturated rings. The lowest BCUT2D eigenvalue weighted by molar-refractivity contribution is 1.17. The summed E-state index contributed by atoms with van der Waals surface area (Å²) >= 11 is 0. The van der Waals surface area contributed by atoms with Gasteiger partial charge in [-0.2, -0.15) is 5.26 Å². The first-order chi connectivity index (χ1) is 13.5. The highest BCUT2D eigenvalue weighted by Gasteiger charge is 2.15. The van der Waals surface area contributed by atoms with Gasteiger partial charge in [-0.3, -0.25) is 0 Å². The van der Waals surface area contributed by atoms with E-state index < -0.39 is 0 Å². The van der Waals surface area contributed by atoms with Gasteiger partial charge >= 0.3 is 0 Å². The van der Waals surface area contributed by atoms with Crippen LogP contribution in [0.4, 0.5) is 11.6 Å². The number of allylic oxidation sites excluding steroid dienone is 6. The third-order valence-electron chi connectivity index (χ3n) is 3.43. The van der Waals surface area contributed by atoms with Crippen LogP contribution in [-0.2, 0) is 0 Å². The molecule has 0 radical (unpaired) electrons. The van der Waals surface area contributed by atoms with E-state index in [0.717, 1.165) is 16.8 Å². The Hall–Kier alpha value is -3.32. The third-order valence-corrected chi connectivity index (χ3v) is 3.43. The molecule has 0 spiro atoms. The van der Waals surface area contributed by atoms with E-state index >= 15 is 0 Å². The highest BCUT2D eigenvalue weighted by molar-refractivity contribution is 5.68. The van der Waals surface area contributed by atoms with Crippen LogP contribution >= 0.6 is 0 Å². The Morgan fingerprint density at radius 3 is 1.61 bits per heavy atom. The molecule has 0 aliphatic heterocycles. The summed E-state index contributed by atoms with van der Waals surface area (Å²) in [7, 11) is 0. The lowest BCUT2D eigenvalue weighted by Crippen LogP contribution is -2.09. The normalized spacial score (nSPS) is 10.0. The van der Waals surface area contributed by atoms with Crippen molar-refractivity contribution in [1.29, 1.82) is 5.26 Å². The SMILES string of the molecule is C=C/C=C(\C=C)Nc1nc(N/C(C=C)=C/C=C)c(C#N)c(C)c1C.CC.CC. The molecule has 28 heavy (non-hydrogen) atoms. The molecule has 0 bridgehead atoms. The average Bonchev–Trinajstić information content (AvgIpc) is 2.74. The van der Waals surface area contributed by atoms with E-state index in [1.54, 1.807) is 36.5 Å². The van der Waals surface area contributed by atoms with Gasteiger partial charge in [0.1, 0.15) is 11.9 Å². The second-order valence-electron chi connectivity index (χ2n) is 4.92. The van der Waals surface area contributed by atoms with Crippen LogP contribution in [-0.4, -0.2) is 4.98 Å². The van der Waals surface area contributed by atoms with Crippen molar-refractivity contribution < 1.29 is 0 Å².